The Labute approximate surface area is 436 Å². The molecule has 74 heavy (non-hydrogen) atoms. The number of anilines is 4. The minimum atomic E-state index is -0.513. The van der Waals surface area contributed by atoms with Crippen LogP contribution in [0.25, 0.3) is 0 Å². The van der Waals surface area contributed by atoms with E-state index < -0.39 is 11.8 Å². The molecule has 8 rings (SSSR count). The molecule has 16 nitrogen and oxygen atoms in total. The number of carbonyl (C=O) groups excluding carboxylic acids is 6. The third kappa shape index (κ3) is 13.6. The lowest BCUT2D eigenvalue weighted by molar-refractivity contribution is -0.139. The van der Waals surface area contributed by atoms with Crippen LogP contribution in [0.15, 0.2) is 83.5 Å². The quantitative estimate of drug-likeness (QED) is 0.0517. The van der Waals surface area contributed by atoms with Crippen molar-refractivity contribution in [1.82, 2.24) is 29.9 Å². The van der Waals surface area contributed by atoms with Crippen molar-refractivity contribution in [3.8, 4) is 0 Å². The van der Waals surface area contributed by atoms with Gasteiger partial charge in [0.25, 0.3) is 0 Å². The number of halogens is 1. The van der Waals surface area contributed by atoms with Crippen LogP contribution in [-0.2, 0) is 24.0 Å². The molecule has 2 saturated carbocycles. The highest BCUT2D eigenvalue weighted by molar-refractivity contribution is 6.03. The lowest BCUT2D eigenvalue weighted by Gasteiger charge is -2.40. The molecule has 0 radical (unpaired) electrons. The topological polar surface area (TPSA) is 171 Å². The van der Waals surface area contributed by atoms with Crippen LogP contribution >= 0.6 is 0 Å². The van der Waals surface area contributed by atoms with Gasteiger partial charge in [-0.15, -0.1) is 0 Å². The van der Waals surface area contributed by atoms with E-state index in [9.17, 15) is 28.8 Å². The van der Waals surface area contributed by atoms with Crippen LogP contribution in [-0.4, -0.2) is 140 Å². The number of nitrogens with zero attached hydrogens (tertiary/aromatic N) is 7. The average molecular weight is 1020 g/mol. The summed E-state index contributed by atoms with van der Waals surface area (Å²) in [4.78, 5) is 94.6. The first-order valence-corrected chi connectivity index (χ1v) is 26.7. The first-order chi connectivity index (χ1) is 35.7. The van der Waals surface area contributed by atoms with Gasteiger partial charge in [0.1, 0.15) is 23.7 Å². The van der Waals surface area contributed by atoms with Crippen molar-refractivity contribution in [1.29, 1.82) is 0 Å². The number of benzene rings is 2. The molecule has 1 atom stereocenters. The number of carbonyl (C=O) groups is 6. The Morgan fingerprint density at radius 1 is 0.838 bits per heavy atom. The van der Waals surface area contributed by atoms with Crippen molar-refractivity contribution in [3.63, 3.8) is 0 Å². The second-order valence-electron chi connectivity index (χ2n) is 20.6. The second kappa shape index (κ2) is 25.6. The van der Waals surface area contributed by atoms with Crippen LogP contribution in [0.3, 0.4) is 0 Å². The number of amides is 5. The summed E-state index contributed by atoms with van der Waals surface area (Å²) in [6, 6.07) is 15.6. The van der Waals surface area contributed by atoms with Gasteiger partial charge in [-0.3, -0.25) is 39.1 Å². The summed E-state index contributed by atoms with van der Waals surface area (Å²) in [5.41, 5.74) is 3.24. The van der Waals surface area contributed by atoms with Gasteiger partial charge >= 0.3 is 6.03 Å². The normalized spacial score (nSPS) is 21.2. The smallest absolute Gasteiger partial charge is 0.329 e. The fraction of sp³-hybridized carbons (Fsp3) is 0.526. The van der Waals surface area contributed by atoms with Crippen LogP contribution < -0.4 is 25.8 Å². The molecule has 2 aliphatic carbocycles. The molecule has 1 unspecified atom stereocenters. The minimum Gasteiger partial charge on any atom is -0.385 e. The number of piperidine rings is 2. The minimum absolute atomic E-state index is 0.00822. The molecule has 5 fully saturated rings. The molecule has 398 valence electrons. The Bertz CT molecular complexity index is 2560. The van der Waals surface area contributed by atoms with Gasteiger partial charge < -0.3 is 30.2 Å². The number of imide groups is 1. The van der Waals surface area contributed by atoms with Gasteiger partial charge in [-0.05, 0) is 137 Å². The highest BCUT2D eigenvalue weighted by Gasteiger charge is 2.37. The number of aryl methyl sites for hydroxylation is 1. The van der Waals surface area contributed by atoms with E-state index in [1.807, 2.05) is 44.2 Å². The summed E-state index contributed by atoms with van der Waals surface area (Å²) in [6.07, 6.45) is 11.1. The van der Waals surface area contributed by atoms with Gasteiger partial charge in [-0.1, -0.05) is 26.0 Å². The van der Waals surface area contributed by atoms with E-state index in [0.29, 0.717) is 49.5 Å². The maximum Gasteiger partial charge on any atom is 0.329 e. The average Bonchev–Trinajstić information content (AvgIpc) is 4.27. The maximum absolute atomic E-state index is 15.2. The zero-order valence-electron chi connectivity index (χ0n) is 44.5. The summed E-state index contributed by atoms with van der Waals surface area (Å²) in [6.45, 7) is 14.1. The van der Waals surface area contributed by atoms with Gasteiger partial charge in [-0.25, -0.2) is 14.2 Å². The van der Waals surface area contributed by atoms with Gasteiger partial charge in [0, 0.05) is 109 Å². The molecule has 3 aromatic rings. The van der Waals surface area contributed by atoms with Crippen LogP contribution in [0.5, 0.6) is 0 Å². The lowest BCUT2D eigenvalue weighted by atomic mass is 9.81. The molecular weight excluding hydrogens is 940 g/mol. The molecule has 2 aromatic carbocycles. The molecule has 5 aliphatic rings. The standard InChI is InChI=1S/C55H71FN10O6.C2H6/c1-36-9-17-48(47(56)29-36)59-52(61(3)4)46(35-68)51(37(2)34-67)66(55(72)62(5)43-14-15-43)44-8-6-7-42(31-44)58-32-38-10-12-40(13-11-38)54(71)65-27-25-63(26-28-65)33-39-20-23-64(24-21-39)49-30-41(19-22-57-49)45-16-18-50(69)60-53(45)70;1-2/h6-9,17,19,22,29-31,34-35,38-40,43,45,58-59H,10-16,18,20-21,23-28,32-33H2,1-5H3,(H,60,69,70);1-2H3/b51-37+,52-46-;. The van der Waals surface area contributed by atoms with E-state index in [1.54, 1.807) is 69.2 Å². The molecule has 0 spiro atoms. The number of hydrogen-bond acceptors (Lipinski definition) is 12. The van der Waals surface area contributed by atoms with Crippen molar-refractivity contribution < 1.29 is 33.2 Å². The number of aldehydes is 2. The van der Waals surface area contributed by atoms with E-state index in [0.717, 1.165) is 120 Å². The van der Waals surface area contributed by atoms with Crippen LogP contribution in [0, 0.1) is 30.5 Å². The molecule has 5 amide bonds. The van der Waals surface area contributed by atoms with E-state index in [4.69, 9.17) is 0 Å². The van der Waals surface area contributed by atoms with Crippen molar-refractivity contribution in [3.05, 3.63) is 100 Å². The Morgan fingerprint density at radius 3 is 2.19 bits per heavy atom. The number of nitrogens with one attached hydrogen (secondary N) is 3. The molecule has 1 aromatic heterocycles. The predicted octanol–water partition coefficient (Wildman–Crippen LogP) is 7.93. The van der Waals surface area contributed by atoms with Crippen LogP contribution in [0.1, 0.15) is 102 Å². The van der Waals surface area contributed by atoms with Crippen LogP contribution in [0.2, 0.25) is 0 Å². The SMILES string of the molecule is C/C(C=O)=C(/C(C=O)=C(/Nc1ccc(C)cc1F)N(C)C)N(C(=O)N(C)C1CC1)c1cccc(NCC2CCC(C(=O)N3CCN(CC4CCN(c5cc(C6CCC(=O)NC6=O)ccn5)CC4)CC3)CC2)c1.CC. The zero-order valence-corrected chi connectivity index (χ0v) is 44.5. The number of rotatable bonds is 17. The Balaban J connectivity index is 0.00000395. The summed E-state index contributed by atoms with van der Waals surface area (Å²) < 4.78 is 15.2. The fourth-order valence-corrected chi connectivity index (χ4v) is 10.8. The maximum atomic E-state index is 15.2. The predicted molar refractivity (Wildman–Crippen MR) is 288 cm³/mol. The first-order valence-electron chi connectivity index (χ1n) is 26.7. The summed E-state index contributed by atoms with van der Waals surface area (Å²) in [7, 11) is 5.13. The zero-order chi connectivity index (χ0) is 53.1. The third-order valence-corrected chi connectivity index (χ3v) is 15.3. The number of aromatic nitrogens is 1. The van der Waals surface area contributed by atoms with E-state index >= 15 is 4.39 Å². The van der Waals surface area contributed by atoms with Crippen molar-refractivity contribution in [2.75, 3.05) is 93.9 Å². The van der Waals surface area contributed by atoms with Gasteiger partial charge in [-0.2, -0.15) is 0 Å². The third-order valence-electron chi connectivity index (χ3n) is 15.3. The number of pyridine rings is 1. The van der Waals surface area contributed by atoms with Gasteiger partial charge in [0.2, 0.25) is 17.7 Å². The van der Waals surface area contributed by atoms with E-state index in [2.05, 4.69) is 35.6 Å². The number of urea groups is 1. The highest BCUT2D eigenvalue weighted by atomic mass is 19.1. The first kappa shape index (κ1) is 55.1. The number of allylic oxidation sites excluding steroid dienone is 2. The van der Waals surface area contributed by atoms with Crippen molar-refractivity contribution in [2.45, 2.75) is 104 Å². The van der Waals surface area contributed by atoms with E-state index in [-0.39, 0.29) is 64.0 Å². The van der Waals surface area contributed by atoms with Crippen molar-refractivity contribution in [2.24, 2.45) is 17.8 Å². The van der Waals surface area contributed by atoms with Gasteiger partial charge in [0.15, 0.2) is 6.29 Å². The fourth-order valence-electron chi connectivity index (χ4n) is 10.8. The molecule has 3 N–H and O–H groups in total. The summed E-state index contributed by atoms with van der Waals surface area (Å²) >= 11 is 0. The van der Waals surface area contributed by atoms with Gasteiger partial charge in [0.05, 0.1) is 28.6 Å². The second-order valence-corrected chi connectivity index (χ2v) is 20.6. The number of piperazine rings is 1. The molecule has 17 heteroatoms. The Hall–Kier alpha value is -6.62. The molecule has 0 bridgehead atoms. The largest absolute Gasteiger partial charge is 0.385 e. The summed E-state index contributed by atoms with van der Waals surface area (Å²) in [5.74, 6) is 1.01. The number of hydrogen-bond donors (Lipinski definition) is 3. The van der Waals surface area contributed by atoms with Crippen LogP contribution in [0.4, 0.5) is 32.1 Å². The molecule has 4 heterocycles. The van der Waals surface area contributed by atoms with E-state index in [1.165, 1.54) is 11.0 Å². The van der Waals surface area contributed by atoms with Crippen molar-refractivity contribution >= 4 is 59.2 Å². The molecule has 3 saturated heterocycles. The molecule has 3 aliphatic heterocycles. The summed E-state index contributed by atoms with van der Waals surface area (Å²) in [5, 5.41) is 9.12. The monoisotopic (exact) mass is 1020 g/mol. The molecular formula is C57H77FN10O6. The highest BCUT2D eigenvalue weighted by Crippen LogP contribution is 2.36. The Morgan fingerprint density at radius 2 is 1.55 bits per heavy atom. The lowest BCUT2D eigenvalue weighted by Crippen LogP contribution is -2.52. The Kier molecular flexibility index (Phi) is 19.0.